The first-order valence-corrected chi connectivity index (χ1v) is 8.82. The Kier molecular flexibility index (Phi) is 4.30. The van der Waals surface area contributed by atoms with E-state index < -0.39 is 5.60 Å². The third kappa shape index (κ3) is 2.93. The summed E-state index contributed by atoms with van der Waals surface area (Å²) in [5, 5.41) is 28.3. The van der Waals surface area contributed by atoms with E-state index in [1.54, 1.807) is 24.4 Å². The van der Waals surface area contributed by atoms with E-state index in [0.717, 1.165) is 11.3 Å². The second kappa shape index (κ2) is 6.65. The smallest absolute Gasteiger partial charge is 0.266 e. The molecule has 0 aliphatic carbocycles. The molecule has 1 N–H and O–H groups in total. The third-order valence-electron chi connectivity index (χ3n) is 5.14. The maximum Gasteiger partial charge on any atom is 0.266 e. The first-order valence-electron chi connectivity index (χ1n) is 8.44. The van der Waals surface area contributed by atoms with Gasteiger partial charge in [-0.25, -0.2) is 0 Å². The van der Waals surface area contributed by atoms with E-state index in [1.807, 2.05) is 19.1 Å². The highest BCUT2D eigenvalue weighted by Crippen LogP contribution is 2.40. The van der Waals surface area contributed by atoms with Crippen molar-refractivity contribution in [1.29, 1.82) is 5.26 Å². The standard InChI is InChI=1S/C19H16ClN5O2/c1-12-19(26,14-3-5-17(22-10-14)18-24-23-11-27-18)6-7-25(12)15-4-2-13(9-21)16(20)8-15/h2-5,8,10-12,26H,6-7H2,1H3/t12-,19-/m0/s1. The van der Waals surface area contributed by atoms with Crippen LogP contribution in [-0.2, 0) is 5.60 Å². The fraction of sp³-hybridized carbons (Fsp3) is 0.263. The monoisotopic (exact) mass is 381 g/mol. The average molecular weight is 382 g/mol. The van der Waals surface area contributed by atoms with Crippen molar-refractivity contribution in [2.75, 3.05) is 11.4 Å². The zero-order valence-corrected chi connectivity index (χ0v) is 15.3. The maximum absolute atomic E-state index is 11.3. The predicted molar refractivity (Wildman–Crippen MR) is 99.0 cm³/mol. The summed E-state index contributed by atoms with van der Waals surface area (Å²) in [6.45, 7) is 2.62. The topological polar surface area (TPSA) is 99.1 Å². The molecular weight excluding hydrogens is 366 g/mol. The van der Waals surface area contributed by atoms with Gasteiger partial charge in [-0.15, -0.1) is 10.2 Å². The van der Waals surface area contributed by atoms with Crippen LogP contribution < -0.4 is 4.90 Å². The zero-order chi connectivity index (χ0) is 19.0. The minimum Gasteiger partial charge on any atom is -0.422 e. The number of aliphatic hydroxyl groups is 1. The van der Waals surface area contributed by atoms with Gasteiger partial charge in [0.1, 0.15) is 17.4 Å². The third-order valence-corrected chi connectivity index (χ3v) is 5.45. The van der Waals surface area contributed by atoms with Crippen LogP contribution in [0, 0.1) is 11.3 Å². The molecule has 3 aromatic rings. The first kappa shape index (κ1) is 17.5. The number of benzene rings is 1. The SMILES string of the molecule is C[C@@H]1N(c2ccc(C#N)c(Cl)c2)CC[C@@]1(O)c1ccc(-c2nnco2)nc1. The quantitative estimate of drug-likeness (QED) is 0.743. The Balaban J connectivity index is 1.61. The van der Waals surface area contributed by atoms with Crippen LogP contribution in [0.5, 0.6) is 0 Å². The van der Waals surface area contributed by atoms with Gasteiger partial charge in [0.2, 0.25) is 6.39 Å². The normalized spacial score (nSPS) is 22.0. The average Bonchev–Trinajstić information content (AvgIpc) is 3.32. The highest BCUT2D eigenvalue weighted by Gasteiger charge is 2.45. The van der Waals surface area contributed by atoms with Gasteiger partial charge in [-0.3, -0.25) is 4.98 Å². The van der Waals surface area contributed by atoms with Gasteiger partial charge < -0.3 is 14.4 Å². The molecular formula is C19H16ClN5O2. The molecule has 1 fully saturated rings. The molecule has 4 rings (SSSR count). The van der Waals surface area contributed by atoms with Crippen LogP contribution in [-0.4, -0.2) is 32.9 Å². The summed E-state index contributed by atoms with van der Waals surface area (Å²) in [5.41, 5.74) is 1.53. The van der Waals surface area contributed by atoms with E-state index in [4.69, 9.17) is 21.3 Å². The van der Waals surface area contributed by atoms with Crippen molar-refractivity contribution in [3.05, 3.63) is 59.1 Å². The van der Waals surface area contributed by atoms with E-state index in [1.165, 1.54) is 6.39 Å². The number of rotatable bonds is 3. The Morgan fingerprint density at radius 1 is 1.37 bits per heavy atom. The number of nitriles is 1. The highest BCUT2D eigenvalue weighted by molar-refractivity contribution is 6.32. The van der Waals surface area contributed by atoms with Gasteiger partial charge in [0.25, 0.3) is 5.89 Å². The second-order valence-electron chi connectivity index (χ2n) is 6.50. The molecule has 136 valence electrons. The van der Waals surface area contributed by atoms with Crippen LogP contribution in [0.4, 0.5) is 5.69 Å². The van der Waals surface area contributed by atoms with Gasteiger partial charge in [-0.05, 0) is 37.6 Å². The molecule has 7 nitrogen and oxygen atoms in total. The number of hydrogen-bond donors (Lipinski definition) is 1. The predicted octanol–water partition coefficient (Wildman–Crippen LogP) is 3.14. The fourth-order valence-electron chi connectivity index (χ4n) is 3.52. The van der Waals surface area contributed by atoms with Gasteiger partial charge >= 0.3 is 0 Å². The van der Waals surface area contributed by atoms with Gasteiger partial charge in [-0.2, -0.15) is 5.26 Å². The lowest BCUT2D eigenvalue weighted by Crippen LogP contribution is -2.40. The van der Waals surface area contributed by atoms with Crippen molar-refractivity contribution in [3.63, 3.8) is 0 Å². The van der Waals surface area contributed by atoms with E-state index in [-0.39, 0.29) is 6.04 Å². The molecule has 0 radical (unpaired) electrons. The molecule has 27 heavy (non-hydrogen) atoms. The number of nitrogens with zero attached hydrogens (tertiary/aromatic N) is 5. The van der Waals surface area contributed by atoms with Gasteiger partial charge in [0.05, 0.1) is 16.6 Å². The minimum atomic E-state index is -1.05. The molecule has 0 amide bonds. The van der Waals surface area contributed by atoms with Crippen LogP contribution >= 0.6 is 11.6 Å². The summed E-state index contributed by atoms with van der Waals surface area (Å²) < 4.78 is 5.15. The Labute approximate surface area is 160 Å². The van der Waals surface area contributed by atoms with Gasteiger partial charge in [0.15, 0.2) is 0 Å². The summed E-state index contributed by atoms with van der Waals surface area (Å²) in [6, 6.07) is 10.8. The van der Waals surface area contributed by atoms with Crippen LogP contribution in [0.15, 0.2) is 47.3 Å². The lowest BCUT2D eigenvalue weighted by Gasteiger charge is -2.32. The van der Waals surface area contributed by atoms with Gasteiger partial charge in [-0.1, -0.05) is 17.7 Å². The number of pyridine rings is 1. The van der Waals surface area contributed by atoms with Crippen LogP contribution in [0.1, 0.15) is 24.5 Å². The highest BCUT2D eigenvalue weighted by atomic mass is 35.5. The van der Waals surface area contributed by atoms with Crippen LogP contribution in [0.25, 0.3) is 11.6 Å². The van der Waals surface area contributed by atoms with Crippen molar-refractivity contribution in [2.24, 2.45) is 0 Å². The lowest BCUT2D eigenvalue weighted by molar-refractivity contribution is 0.0327. The molecule has 3 heterocycles. The van der Waals surface area contributed by atoms with E-state index in [0.29, 0.717) is 35.1 Å². The summed E-state index contributed by atoms with van der Waals surface area (Å²) in [4.78, 5) is 6.43. The Hall–Kier alpha value is -2.95. The lowest BCUT2D eigenvalue weighted by atomic mass is 9.88. The summed E-state index contributed by atoms with van der Waals surface area (Å²) >= 11 is 6.17. The second-order valence-corrected chi connectivity index (χ2v) is 6.90. The molecule has 1 saturated heterocycles. The van der Waals surface area contributed by atoms with Crippen molar-refractivity contribution in [3.8, 4) is 17.7 Å². The minimum absolute atomic E-state index is 0.197. The number of aromatic nitrogens is 3. The van der Waals surface area contributed by atoms with Crippen LogP contribution in [0.3, 0.4) is 0 Å². The van der Waals surface area contributed by atoms with Crippen LogP contribution in [0.2, 0.25) is 5.02 Å². The Bertz CT molecular complexity index is 1000. The molecule has 2 atom stereocenters. The molecule has 1 aliphatic rings. The summed E-state index contributed by atoms with van der Waals surface area (Å²) in [7, 11) is 0. The maximum atomic E-state index is 11.3. The molecule has 0 spiro atoms. The Morgan fingerprint density at radius 3 is 2.85 bits per heavy atom. The number of hydrogen-bond acceptors (Lipinski definition) is 7. The van der Waals surface area contributed by atoms with E-state index in [9.17, 15) is 5.11 Å². The molecule has 0 saturated carbocycles. The molecule has 1 aliphatic heterocycles. The zero-order valence-electron chi connectivity index (χ0n) is 14.5. The van der Waals surface area contributed by atoms with Gasteiger partial charge in [0, 0.05) is 24.0 Å². The number of anilines is 1. The van der Waals surface area contributed by atoms with Crippen molar-refractivity contribution < 1.29 is 9.52 Å². The van der Waals surface area contributed by atoms with E-state index >= 15 is 0 Å². The molecule has 0 bridgehead atoms. The molecule has 2 aromatic heterocycles. The van der Waals surface area contributed by atoms with Crippen molar-refractivity contribution in [1.82, 2.24) is 15.2 Å². The summed E-state index contributed by atoms with van der Waals surface area (Å²) in [6.07, 6.45) is 3.44. The number of halogens is 1. The molecule has 1 aromatic carbocycles. The molecule has 8 heteroatoms. The van der Waals surface area contributed by atoms with Crippen molar-refractivity contribution in [2.45, 2.75) is 25.0 Å². The molecule has 0 unspecified atom stereocenters. The largest absolute Gasteiger partial charge is 0.422 e. The van der Waals surface area contributed by atoms with Crippen molar-refractivity contribution >= 4 is 17.3 Å². The van der Waals surface area contributed by atoms with E-state index in [2.05, 4.69) is 26.2 Å². The fourth-order valence-corrected chi connectivity index (χ4v) is 3.74. The summed E-state index contributed by atoms with van der Waals surface area (Å²) in [5.74, 6) is 0.335. The Morgan fingerprint density at radius 2 is 2.22 bits per heavy atom. The first-order chi connectivity index (χ1) is 13.0.